The average molecular weight is 232 g/mol. The summed E-state index contributed by atoms with van der Waals surface area (Å²) in [7, 11) is 1.83. The Morgan fingerprint density at radius 3 is 2.13 bits per heavy atom. The Morgan fingerprint density at radius 1 is 1.20 bits per heavy atom. The molecule has 0 aromatic heterocycles. The van der Waals surface area contributed by atoms with E-state index >= 15 is 0 Å². The van der Waals surface area contributed by atoms with E-state index in [-0.39, 0.29) is 5.22 Å². The topological polar surface area (TPSA) is 27.7 Å². The summed E-state index contributed by atoms with van der Waals surface area (Å²) >= 11 is 0. The molecule has 0 aliphatic heterocycles. The van der Waals surface area contributed by atoms with Gasteiger partial charge in [-0.15, -0.1) is 0 Å². The smallest absolute Gasteiger partial charge is 0.354 e. The van der Waals surface area contributed by atoms with Crippen molar-refractivity contribution in [2.75, 3.05) is 14.2 Å². The molecular formula is C11H24O3Si. The van der Waals surface area contributed by atoms with Gasteiger partial charge < -0.3 is 13.6 Å². The minimum atomic E-state index is -1.67. The highest BCUT2D eigenvalue weighted by Crippen LogP contribution is 2.37. The van der Waals surface area contributed by atoms with E-state index in [2.05, 4.69) is 13.8 Å². The molecule has 1 aliphatic carbocycles. The second-order valence-electron chi connectivity index (χ2n) is 4.41. The Hall–Kier alpha value is 0.0969. The first-order valence-corrected chi connectivity index (χ1v) is 7.44. The lowest BCUT2D eigenvalue weighted by atomic mass is 10.2. The van der Waals surface area contributed by atoms with Crippen LogP contribution in [-0.4, -0.2) is 34.8 Å². The molecule has 0 amide bonds. The molecule has 0 aromatic rings. The van der Waals surface area contributed by atoms with E-state index in [0.29, 0.717) is 6.10 Å². The monoisotopic (exact) mass is 232 g/mol. The van der Waals surface area contributed by atoms with Crippen LogP contribution in [0.2, 0.25) is 0 Å². The lowest BCUT2D eigenvalue weighted by molar-refractivity contribution is -0.0549. The molecule has 90 valence electrons. The number of ether oxygens (including phenoxy) is 1. The molecule has 1 atom stereocenters. The van der Waals surface area contributed by atoms with Gasteiger partial charge in [0.1, 0.15) is 5.22 Å². The van der Waals surface area contributed by atoms with Crippen LogP contribution in [0.15, 0.2) is 0 Å². The van der Waals surface area contributed by atoms with Crippen molar-refractivity contribution in [2.45, 2.75) is 57.3 Å². The second-order valence-corrected chi connectivity index (χ2v) is 7.07. The number of rotatable bonds is 6. The molecule has 1 rings (SSSR count). The highest BCUT2D eigenvalue weighted by atomic mass is 28.3. The molecule has 1 fully saturated rings. The van der Waals surface area contributed by atoms with Crippen LogP contribution in [0.4, 0.5) is 0 Å². The molecule has 4 heteroatoms. The molecule has 15 heavy (non-hydrogen) atoms. The highest BCUT2D eigenvalue weighted by Gasteiger charge is 2.46. The summed E-state index contributed by atoms with van der Waals surface area (Å²) in [5.74, 6) is 0. The van der Waals surface area contributed by atoms with Gasteiger partial charge in [-0.25, -0.2) is 0 Å². The first-order chi connectivity index (χ1) is 7.18. The summed E-state index contributed by atoms with van der Waals surface area (Å²) in [6, 6.07) is 0. The summed E-state index contributed by atoms with van der Waals surface area (Å²) in [6.07, 6.45) is 6.06. The van der Waals surface area contributed by atoms with E-state index in [1.165, 1.54) is 12.8 Å². The maximum atomic E-state index is 6.20. The Morgan fingerprint density at radius 2 is 1.73 bits per heavy atom. The fraction of sp³-hybridized carbons (Fsp3) is 1.00. The Kier molecular flexibility index (Phi) is 5.25. The van der Waals surface area contributed by atoms with Crippen LogP contribution in [-0.2, 0) is 13.6 Å². The predicted octanol–water partition coefficient (Wildman–Crippen LogP) is 2.17. The first kappa shape index (κ1) is 13.2. The van der Waals surface area contributed by atoms with Gasteiger partial charge in [0.05, 0.1) is 6.10 Å². The van der Waals surface area contributed by atoms with E-state index in [9.17, 15) is 0 Å². The van der Waals surface area contributed by atoms with Crippen molar-refractivity contribution in [3.8, 4) is 0 Å². The Labute approximate surface area is 94.9 Å². The van der Waals surface area contributed by atoms with Gasteiger partial charge in [-0.2, -0.15) is 0 Å². The number of hydrogen-bond acceptors (Lipinski definition) is 3. The highest BCUT2D eigenvalue weighted by molar-refractivity contribution is 6.48. The van der Waals surface area contributed by atoms with Gasteiger partial charge in [0.15, 0.2) is 0 Å². The van der Waals surface area contributed by atoms with Gasteiger partial charge >= 0.3 is 9.28 Å². The Balaban J connectivity index is 2.68. The van der Waals surface area contributed by atoms with E-state index in [1.807, 2.05) is 0 Å². The molecule has 0 heterocycles. The van der Waals surface area contributed by atoms with Crippen molar-refractivity contribution in [3.05, 3.63) is 0 Å². The van der Waals surface area contributed by atoms with Crippen LogP contribution in [0.3, 0.4) is 0 Å². The van der Waals surface area contributed by atoms with Crippen LogP contribution in [0.1, 0.15) is 46.0 Å². The molecule has 1 saturated carbocycles. The fourth-order valence-electron chi connectivity index (χ4n) is 2.39. The van der Waals surface area contributed by atoms with Crippen molar-refractivity contribution in [2.24, 2.45) is 0 Å². The van der Waals surface area contributed by atoms with E-state index < -0.39 is 9.28 Å². The van der Waals surface area contributed by atoms with E-state index in [0.717, 1.165) is 19.3 Å². The molecule has 0 bridgehead atoms. The van der Waals surface area contributed by atoms with Crippen molar-refractivity contribution < 1.29 is 13.6 Å². The van der Waals surface area contributed by atoms with Gasteiger partial charge in [0.25, 0.3) is 0 Å². The van der Waals surface area contributed by atoms with Crippen LogP contribution in [0, 0.1) is 0 Å². The molecule has 0 saturated heterocycles. The van der Waals surface area contributed by atoms with E-state index in [1.54, 1.807) is 14.2 Å². The molecule has 1 unspecified atom stereocenters. The maximum Gasteiger partial charge on any atom is 0.354 e. The zero-order valence-electron chi connectivity index (χ0n) is 10.4. The molecular weight excluding hydrogens is 208 g/mol. The van der Waals surface area contributed by atoms with Gasteiger partial charge in [-0.1, -0.05) is 19.8 Å². The van der Waals surface area contributed by atoms with Gasteiger partial charge in [-0.3, -0.25) is 0 Å². The third kappa shape index (κ3) is 3.03. The molecule has 0 aromatic carbocycles. The van der Waals surface area contributed by atoms with Crippen LogP contribution < -0.4 is 0 Å². The standard InChI is InChI=1S/C11H24O3Si/c1-5-10(2)14-11(8-6-7-9-11)15(12-3)13-4/h10,15H,5-9H2,1-4H3. The van der Waals surface area contributed by atoms with Crippen LogP contribution >= 0.6 is 0 Å². The molecule has 0 spiro atoms. The summed E-state index contributed by atoms with van der Waals surface area (Å²) < 4.78 is 17.3. The third-order valence-electron chi connectivity index (χ3n) is 3.32. The summed E-state index contributed by atoms with van der Waals surface area (Å²) in [6.45, 7) is 4.29. The summed E-state index contributed by atoms with van der Waals surface area (Å²) in [5, 5.41) is -0.0705. The second kappa shape index (κ2) is 5.99. The van der Waals surface area contributed by atoms with Gasteiger partial charge in [0.2, 0.25) is 0 Å². The van der Waals surface area contributed by atoms with Gasteiger partial charge in [0, 0.05) is 14.2 Å². The van der Waals surface area contributed by atoms with Crippen molar-refractivity contribution in [1.29, 1.82) is 0 Å². The molecule has 1 aliphatic rings. The SMILES string of the molecule is CCC(C)OC1([SiH](OC)OC)CCCC1. The lowest BCUT2D eigenvalue weighted by Crippen LogP contribution is -2.50. The largest absolute Gasteiger partial charge is 0.398 e. The molecule has 0 N–H and O–H groups in total. The number of hydrogen-bond donors (Lipinski definition) is 0. The van der Waals surface area contributed by atoms with E-state index in [4.69, 9.17) is 13.6 Å². The average Bonchev–Trinajstić information content (AvgIpc) is 2.69. The van der Waals surface area contributed by atoms with Crippen molar-refractivity contribution >= 4 is 9.28 Å². The Bertz CT molecular complexity index is 177. The van der Waals surface area contributed by atoms with Crippen molar-refractivity contribution in [1.82, 2.24) is 0 Å². The molecule has 3 nitrogen and oxygen atoms in total. The van der Waals surface area contributed by atoms with Crippen molar-refractivity contribution in [3.63, 3.8) is 0 Å². The summed E-state index contributed by atoms with van der Waals surface area (Å²) in [5.41, 5.74) is 0. The lowest BCUT2D eigenvalue weighted by Gasteiger charge is -2.35. The fourth-order valence-corrected chi connectivity index (χ4v) is 4.67. The van der Waals surface area contributed by atoms with Crippen LogP contribution in [0.25, 0.3) is 0 Å². The van der Waals surface area contributed by atoms with Crippen LogP contribution in [0.5, 0.6) is 0 Å². The predicted molar refractivity (Wildman–Crippen MR) is 63.2 cm³/mol. The maximum absolute atomic E-state index is 6.20. The molecule has 0 radical (unpaired) electrons. The zero-order chi connectivity index (χ0) is 11.3. The van der Waals surface area contributed by atoms with Gasteiger partial charge in [-0.05, 0) is 26.2 Å². The first-order valence-electron chi connectivity index (χ1n) is 5.92. The zero-order valence-corrected chi connectivity index (χ0v) is 11.6. The normalized spacial score (nSPS) is 22.2. The third-order valence-corrected chi connectivity index (χ3v) is 5.75. The quantitative estimate of drug-likeness (QED) is 0.657. The minimum Gasteiger partial charge on any atom is -0.398 e. The summed E-state index contributed by atoms with van der Waals surface area (Å²) in [4.78, 5) is 0. The minimum absolute atomic E-state index is 0.0705.